The molecule has 10 nitrogen and oxygen atoms in total. The summed E-state index contributed by atoms with van der Waals surface area (Å²) in [5.41, 5.74) is 6.97. The highest BCUT2D eigenvalue weighted by atomic mass is 16.5. The molecule has 0 amide bonds. The summed E-state index contributed by atoms with van der Waals surface area (Å²) in [6.45, 7) is 1.65. The number of nitrogens with zero attached hydrogens (tertiary/aromatic N) is 2. The van der Waals surface area contributed by atoms with Gasteiger partial charge in [-0.15, -0.1) is 0 Å². The molecule has 1 atom stereocenters. The van der Waals surface area contributed by atoms with Crippen LogP contribution in [0.15, 0.2) is 54.7 Å². The van der Waals surface area contributed by atoms with Gasteiger partial charge in [-0.25, -0.2) is 0 Å². The van der Waals surface area contributed by atoms with Gasteiger partial charge in [-0.2, -0.15) is 0 Å². The second kappa shape index (κ2) is 11.9. The maximum atomic E-state index is 14.0. The lowest BCUT2D eigenvalue weighted by atomic mass is 9.83. The van der Waals surface area contributed by atoms with Gasteiger partial charge in [0.15, 0.2) is 46.0 Å². The summed E-state index contributed by atoms with van der Waals surface area (Å²) < 4.78 is 41.2. The molecule has 0 saturated heterocycles. The Kier molecular flexibility index (Phi) is 7.48. The Morgan fingerprint density at radius 3 is 2.14 bits per heavy atom. The van der Waals surface area contributed by atoms with Crippen molar-refractivity contribution in [2.75, 3.05) is 49.2 Å². The molecule has 2 aliphatic heterocycles. The lowest BCUT2D eigenvalue weighted by molar-refractivity contribution is 0.103. The SMILES string of the molecule is COc1cc2c(cc1Oc1cc3c(cc1OC)-c1c(OC)c(OC)cc4ccnc(c14)C3=O)CCN1Cc3c(ccc(OC)c3OC)C[C@@H]21. The molecule has 250 valence electrons. The number of ether oxygens (including phenoxy) is 7. The van der Waals surface area contributed by atoms with Gasteiger partial charge in [0.25, 0.3) is 0 Å². The topological polar surface area (TPSA) is 97.8 Å². The zero-order valence-corrected chi connectivity index (χ0v) is 28.3. The largest absolute Gasteiger partial charge is 0.493 e. The molecule has 1 aromatic heterocycles. The van der Waals surface area contributed by atoms with Gasteiger partial charge in [-0.05, 0) is 77.4 Å². The minimum Gasteiger partial charge on any atom is -0.493 e. The fourth-order valence-corrected chi connectivity index (χ4v) is 7.76. The van der Waals surface area contributed by atoms with Gasteiger partial charge < -0.3 is 33.2 Å². The van der Waals surface area contributed by atoms with Crippen LogP contribution in [0.3, 0.4) is 0 Å². The molecular formula is C39H36N2O8. The molecule has 3 heterocycles. The van der Waals surface area contributed by atoms with Crippen LogP contribution in [-0.2, 0) is 19.4 Å². The summed E-state index contributed by atoms with van der Waals surface area (Å²) in [5, 5.41) is 1.54. The number of fused-ring (bicyclic) bond motifs is 6. The molecule has 3 aliphatic rings. The number of hydrogen-bond donors (Lipinski definition) is 0. The third-order valence-electron chi connectivity index (χ3n) is 10.1. The zero-order valence-electron chi connectivity index (χ0n) is 28.3. The Labute approximate surface area is 284 Å². The third-order valence-corrected chi connectivity index (χ3v) is 10.1. The maximum Gasteiger partial charge on any atom is 0.212 e. The number of rotatable bonds is 8. The molecule has 0 N–H and O–H groups in total. The van der Waals surface area contributed by atoms with Crippen molar-refractivity contribution in [3.05, 3.63) is 88.2 Å². The van der Waals surface area contributed by atoms with Gasteiger partial charge in [0, 0.05) is 53.0 Å². The highest BCUT2D eigenvalue weighted by molar-refractivity contribution is 6.26. The van der Waals surface area contributed by atoms with Crippen LogP contribution in [0.4, 0.5) is 0 Å². The Hall–Kier alpha value is -5.48. The predicted octanol–water partition coefficient (Wildman–Crippen LogP) is 6.95. The average Bonchev–Trinajstić information content (AvgIpc) is 3.14. The van der Waals surface area contributed by atoms with Gasteiger partial charge in [0.2, 0.25) is 5.78 Å². The maximum absolute atomic E-state index is 14.0. The third kappa shape index (κ3) is 4.65. The van der Waals surface area contributed by atoms with Crippen molar-refractivity contribution in [3.63, 3.8) is 0 Å². The first-order valence-electron chi connectivity index (χ1n) is 16.1. The zero-order chi connectivity index (χ0) is 34.0. The van der Waals surface area contributed by atoms with E-state index in [1.54, 1.807) is 54.9 Å². The van der Waals surface area contributed by atoms with Crippen molar-refractivity contribution in [1.29, 1.82) is 0 Å². The van der Waals surface area contributed by atoms with E-state index in [9.17, 15) is 4.79 Å². The standard InChI is InChI=1S/C39H36N2O8/c1-43-28-8-7-20-13-27-23-16-29(44-2)31(14-21(23)10-12-41(27)19-26(20)38(28)47-5)49-32-18-25-24(17-30(32)45-3)35-34-22(9-11-40-36(34)37(25)42)15-33(46-4)39(35)48-6/h7-9,11,14-18,27H,10,12-13,19H2,1-6H3/t27-/m0/s1. The van der Waals surface area contributed by atoms with Gasteiger partial charge in [-0.1, -0.05) is 6.07 Å². The lowest BCUT2D eigenvalue weighted by Gasteiger charge is -2.42. The van der Waals surface area contributed by atoms with Crippen LogP contribution in [-0.4, -0.2) is 64.9 Å². The first kappa shape index (κ1) is 30.8. The number of carbonyl (C=O) groups is 1. The molecule has 0 spiro atoms. The van der Waals surface area contributed by atoms with E-state index in [4.69, 9.17) is 33.2 Å². The van der Waals surface area contributed by atoms with E-state index in [2.05, 4.69) is 28.1 Å². The number of ketones is 1. The molecule has 0 radical (unpaired) electrons. The Morgan fingerprint density at radius 1 is 0.694 bits per heavy atom. The second-order valence-corrected chi connectivity index (χ2v) is 12.3. The van der Waals surface area contributed by atoms with E-state index in [1.165, 1.54) is 22.3 Å². The number of methoxy groups -OCH3 is 6. The van der Waals surface area contributed by atoms with E-state index < -0.39 is 0 Å². The average molecular weight is 661 g/mol. The molecule has 1 aliphatic carbocycles. The monoisotopic (exact) mass is 660 g/mol. The molecular weight excluding hydrogens is 624 g/mol. The first-order valence-corrected chi connectivity index (χ1v) is 16.1. The predicted molar refractivity (Wildman–Crippen MR) is 183 cm³/mol. The van der Waals surface area contributed by atoms with Crippen molar-refractivity contribution >= 4 is 16.6 Å². The number of hydrogen-bond acceptors (Lipinski definition) is 10. The minimum absolute atomic E-state index is 0.176. The molecule has 8 rings (SSSR count). The van der Waals surface area contributed by atoms with E-state index in [-0.39, 0.29) is 11.8 Å². The molecule has 0 fully saturated rings. The molecule has 49 heavy (non-hydrogen) atoms. The van der Waals surface area contributed by atoms with E-state index in [0.29, 0.717) is 56.7 Å². The smallest absolute Gasteiger partial charge is 0.212 e. The van der Waals surface area contributed by atoms with Crippen molar-refractivity contribution in [1.82, 2.24) is 9.88 Å². The van der Waals surface area contributed by atoms with Crippen molar-refractivity contribution < 1.29 is 38.0 Å². The lowest BCUT2D eigenvalue weighted by Crippen LogP contribution is -2.39. The number of carbonyl (C=O) groups excluding carboxylic acids is 1. The van der Waals surface area contributed by atoms with Crippen LogP contribution < -0.4 is 33.2 Å². The van der Waals surface area contributed by atoms with Crippen molar-refractivity contribution in [3.8, 4) is 57.1 Å². The van der Waals surface area contributed by atoms with Crippen LogP contribution >= 0.6 is 0 Å². The summed E-state index contributed by atoms with van der Waals surface area (Å²) in [6, 6.07) is 15.7. The molecule has 5 aromatic rings. The summed E-state index contributed by atoms with van der Waals surface area (Å²) in [4.78, 5) is 21.0. The Morgan fingerprint density at radius 2 is 1.41 bits per heavy atom. The normalized spacial score (nSPS) is 15.8. The minimum atomic E-state index is -0.211. The molecule has 0 unspecified atom stereocenters. The summed E-state index contributed by atoms with van der Waals surface area (Å²) >= 11 is 0. The van der Waals surface area contributed by atoms with E-state index >= 15 is 0 Å². The quantitative estimate of drug-likeness (QED) is 0.171. The second-order valence-electron chi connectivity index (χ2n) is 12.3. The van der Waals surface area contributed by atoms with Crippen molar-refractivity contribution in [2.24, 2.45) is 0 Å². The summed E-state index contributed by atoms with van der Waals surface area (Å²) in [5.74, 6) is 4.38. The van der Waals surface area contributed by atoms with Crippen LogP contribution in [0.1, 0.15) is 44.3 Å². The number of benzene rings is 4. The highest BCUT2D eigenvalue weighted by Crippen LogP contribution is 2.52. The van der Waals surface area contributed by atoms with Crippen molar-refractivity contribution in [2.45, 2.75) is 25.4 Å². The molecule has 0 bridgehead atoms. The van der Waals surface area contributed by atoms with Gasteiger partial charge in [0.05, 0.1) is 42.7 Å². The van der Waals surface area contributed by atoms with E-state index in [1.807, 2.05) is 24.3 Å². The first-order chi connectivity index (χ1) is 23.9. The summed E-state index contributed by atoms with van der Waals surface area (Å²) in [6.07, 6.45) is 3.31. The van der Waals surface area contributed by atoms with Crippen LogP contribution in [0.5, 0.6) is 46.0 Å². The summed E-state index contributed by atoms with van der Waals surface area (Å²) in [7, 11) is 9.76. The Bertz CT molecular complexity index is 2180. The fraction of sp³-hybridized carbons (Fsp3) is 0.282. The van der Waals surface area contributed by atoms with Gasteiger partial charge in [0.1, 0.15) is 5.69 Å². The fourth-order valence-electron chi connectivity index (χ4n) is 7.76. The number of aromatic nitrogens is 1. The highest BCUT2D eigenvalue weighted by Gasteiger charge is 2.36. The van der Waals surface area contributed by atoms with Gasteiger partial charge in [-0.3, -0.25) is 14.7 Å². The number of pyridine rings is 1. The molecule has 10 heteroatoms. The van der Waals surface area contributed by atoms with Crippen LogP contribution in [0.2, 0.25) is 0 Å². The van der Waals surface area contributed by atoms with Crippen LogP contribution in [0, 0.1) is 0 Å². The van der Waals surface area contributed by atoms with Gasteiger partial charge >= 0.3 is 0 Å². The molecule has 4 aromatic carbocycles. The van der Waals surface area contributed by atoms with E-state index in [0.717, 1.165) is 48.4 Å². The Balaban J connectivity index is 1.19. The molecule has 0 saturated carbocycles. The van der Waals surface area contributed by atoms with Crippen LogP contribution in [0.25, 0.3) is 21.9 Å².